The van der Waals surface area contributed by atoms with Crippen molar-refractivity contribution in [1.29, 1.82) is 0 Å². The number of hydrogen-bond acceptors (Lipinski definition) is 6. The Kier molecular flexibility index (Phi) is 3.36. The summed E-state index contributed by atoms with van der Waals surface area (Å²) >= 11 is 0. The van der Waals surface area contributed by atoms with E-state index in [0.717, 1.165) is 0 Å². The molecule has 0 bridgehead atoms. The number of hydrogen-bond donors (Lipinski definition) is 1. The van der Waals surface area contributed by atoms with Gasteiger partial charge in [0.25, 0.3) is 0 Å². The number of halogens is 1. The molecule has 1 saturated heterocycles. The average Bonchev–Trinajstić information content (AvgIpc) is 2.86. The van der Waals surface area contributed by atoms with Gasteiger partial charge in [0.05, 0.1) is 23.1 Å². The number of anilines is 1. The van der Waals surface area contributed by atoms with Gasteiger partial charge >= 0.3 is 0 Å². The van der Waals surface area contributed by atoms with Crippen LogP contribution in [0.5, 0.6) is 0 Å². The maximum Gasteiger partial charge on any atom is 0.185 e. The minimum Gasteiger partial charge on any atom is -0.399 e. The monoisotopic (exact) mass is 311 g/mol. The highest BCUT2D eigenvalue weighted by Gasteiger charge is 2.29. The van der Waals surface area contributed by atoms with E-state index in [9.17, 15) is 12.8 Å². The average molecular weight is 311 g/mol. The maximum absolute atomic E-state index is 14.0. The van der Waals surface area contributed by atoms with Crippen LogP contribution in [0.1, 0.15) is 18.9 Å². The number of tetrazole rings is 1. The molecule has 1 aromatic heterocycles. The summed E-state index contributed by atoms with van der Waals surface area (Å²) in [6.45, 7) is 0. The van der Waals surface area contributed by atoms with Gasteiger partial charge < -0.3 is 5.73 Å². The zero-order chi connectivity index (χ0) is 15.0. The fourth-order valence-electron chi connectivity index (χ4n) is 2.52. The predicted molar refractivity (Wildman–Crippen MR) is 74.5 cm³/mol. The van der Waals surface area contributed by atoms with Gasteiger partial charge in [-0.25, -0.2) is 17.5 Å². The van der Waals surface area contributed by atoms with Crippen LogP contribution in [0, 0.1) is 5.82 Å². The van der Waals surface area contributed by atoms with Crippen molar-refractivity contribution in [2.24, 2.45) is 0 Å². The second kappa shape index (κ2) is 5.06. The Labute approximate surface area is 120 Å². The number of rotatable bonds is 2. The van der Waals surface area contributed by atoms with Crippen LogP contribution in [-0.2, 0) is 9.84 Å². The topological polar surface area (TPSA) is 104 Å². The predicted octanol–water partition coefficient (Wildman–Crippen LogP) is 0.811. The molecule has 1 unspecified atom stereocenters. The second-order valence-electron chi connectivity index (χ2n) is 5.10. The van der Waals surface area contributed by atoms with Crippen molar-refractivity contribution in [3.05, 3.63) is 24.0 Å². The lowest BCUT2D eigenvalue weighted by Crippen LogP contribution is -2.28. The van der Waals surface area contributed by atoms with E-state index in [1.54, 1.807) is 6.07 Å². The van der Waals surface area contributed by atoms with E-state index in [4.69, 9.17) is 5.73 Å². The van der Waals surface area contributed by atoms with Crippen molar-refractivity contribution in [1.82, 2.24) is 20.2 Å². The molecule has 1 fully saturated rings. The highest BCUT2D eigenvalue weighted by Crippen LogP contribution is 2.28. The first-order valence-corrected chi connectivity index (χ1v) is 8.32. The Morgan fingerprint density at radius 1 is 1.38 bits per heavy atom. The van der Waals surface area contributed by atoms with Gasteiger partial charge in [-0.2, -0.15) is 0 Å². The van der Waals surface area contributed by atoms with E-state index in [-0.39, 0.29) is 28.9 Å². The molecular formula is C12H14FN5O2S. The molecule has 1 aliphatic rings. The molecule has 21 heavy (non-hydrogen) atoms. The molecule has 1 atom stereocenters. The van der Waals surface area contributed by atoms with E-state index in [0.29, 0.717) is 18.5 Å². The third-order valence-corrected chi connectivity index (χ3v) is 5.32. The van der Waals surface area contributed by atoms with E-state index < -0.39 is 15.7 Å². The number of aromatic nitrogens is 4. The van der Waals surface area contributed by atoms with Crippen LogP contribution in [0.25, 0.3) is 11.4 Å². The van der Waals surface area contributed by atoms with Gasteiger partial charge in [-0.1, -0.05) is 0 Å². The van der Waals surface area contributed by atoms with Gasteiger partial charge in [0.2, 0.25) is 0 Å². The largest absolute Gasteiger partial charge is 0.399 e. The smallest absolute Gasteiger partial charge is 0.185 e. The van der Waals surface area contributed by atoms with Crippen LogP contribution in [0.3, 0.4) is 0 Å². The van der Waals surface area contributed by atoms with E-state index in [1.807, 2.05) is 0 Å². The van der Waals surface area contributed by atoms with Crippen molar-refractivity contribution in [2.45, 2.75) is 18.9 Å². The summed E-state index contributed by atoms with van der Waals surface area (Å²) in [5.41, 5.74) is 6.03. The van der Waals surface area contributed by atoms with Crippen molar-refractivity contribution in [3.63, 3.8) is 0 Å². The number of nitrogens with two attached hydrogens (primary N) is 1. The van der Waals surface area contributed by atoms with E-state index in [1.165, 1.54) is 16.8 Å². The van der Waals surface area contributed by atoms with Gasteiger partial charge in [-0.15, -0.1) is 5.10 Å². The van der Waals surface area contributed by atoms with Gasteiger partial charge in [0.15, 0.2) is 15.7 Å². The molecule has 7 nitrogen and oxygen atoms in total. The fourth-order valence-corrected chi connectivity index (χ4v) is 4.19. The highest BCUT2D eigenvalue weighted by molar-refractivity contribution is 7.91. The summed E-state index contributed by atoms with van der Waals surface area (Å²) in [6, 6.07) is 3.86. The van der Waals surface area contributed by atoms with Crippen LogP contribution in [0.2, 0.25) is 0 Å². The van der Waals surface area contributed by atoms with Crippen molar-refractivity contribution in [2.75, 3.05) is 17.2 Å². The molecule has 2 aromatic rings. The summed E-state index contributed by atoms with van der Waals surface area (Å²) in [7, 11) is -3.10. The van der Waals surface area contributed by atoms with Crippen molar-refractivity contribution < 1.29 is 12.8 Å². The summed E-state index contributed by atoms with van der Waals surface area (Å²) in [5, 5.41) is 11.2. The molecule has 112 valence electrons. The van der Waals surface area contributed by atoms with Crippen LogP contribution in [0.15, 0.2) is 18.2 Å². The highest BCUT2D eigenvalue weighted by atomic mass is 32.2. The van der Waals surface area contributed by atoms with E-state index in [2.05, 4.69) is 15.5 Å². The SMILES string of the molecule is Nc1ccc(-c2nnnn2C2CCCS(=O)(=O)C2)c(F)c1. The molecule has 0 amide bonds. The van der Waals surface area contributed by atoms with Crippen molar-refractivity contribution in [3.8, 4) is 11.4 Å². The first-order valence-electron chi connectivity index (χ1n) is 6.50. The summed E-state index contributed by atoms with van der Waals surface area (Å²) in [5.74, 6) is -0.168. The van der Waals surface area contributed by atoms with Gasteiger partial charge in [0.1, 0.15) is 5.82 Å². The summed E-state index contributed by atoms with van der Waals surface area (Å²) in [6.07, 6.45) is 1.20. The number of nitrogen functional groups attached to an aromatic ring is 1. The third kappa shape index (κ3) is 2.73. The number of benzene rings is 1. The number of sulfone groups is 1. The number of nitrogens with zero attached hydrogens (tertiary/aromatic N) is 4. The molecule has 3 rings (SSSR count). The molecule has 2 N–H and O–H groups in total. The molecule has 9 heteroatoms. The Morgan fingerprint density at radius 2 is 2.19 bits per heavy atom. The maximum atomic E-state index is 14.0. The first-order chi connectivity index (χ1) is 9.96. The van der Waals surface area contributed by atoms with Gasteiger partial charge in [-0.3, -0.25) is 0 Å². The Bertz CT molecular complexity index is 774. The first kappa shape index (κ1) is 13.9. The molecule has 0 saturated carbocycles. The fraction of sp³-hybridized carbons (Fsp3) is 0.417. The zero-order valence-electron chi connectivity index (χ0n) is 11.1. The molecule has 0 radical (unpaired) electrons. The Morgan fingerprint density at radius 3 is 2.90 bits per heavy atom. The van der Waals surface area contributed by atoms with Crippen LogP contribution in [0.4, 0.5) is 10.1 Å². The quantitative estimate of drug-likeness (QED) is 0.823. The zero-order valence-corrected chi connectivity index (χ0v) is 11.9. The lowest BCUT2D eigenvalue weighted by Gasteiger charge is -2.22. The summed E-state index contributed by atoms with van der Waals surface area (Å²) in [4.78, 5) is 0. The lowest BCUT2D eigenvalue weighted by molar-refractivity contribution is 0.429. The Hall–Kier alpha value is -2.03. The lowest BCUT2D eigenvalue weighted by atomic mass is 10.1. The minimum absolute atomic E-state index is 0.0262. The molecule has 0 aliphatic carbocycles. The minimum atomic E-state index is -3.10. The Balaban J connectivity index is 2.01. The molecule has 1 aromatic carbocycles. The van der Waals surface area contributed by atoms with Crippen LogP contribution >= 0.6 is 0 Å². The van der Waals surface area contributed by atoms with E-state index >= 15 is 0 Å². The molecular weight excluding hydrogens is 297 g/mol. The summed E-state index contributed by atoms with van der Waals surface area (Å²) < 4.78 is 38.9. The third-order valence-electron chi connectivity index (χ3n) is 3.51. The molecule has 1 aliphatic heterocycles. The van der Waals surface area contributed by atoms with Crippen molar-refractivity contribution >= 4 is 15.5 Å². The van der Waals surface area contributed by atoms with Crippen LogP contribution < -0.4 is 5.73 Å². The standard InChI is InChI=1S/C12H14FN5O2S/c13-11-6-8(14)3-4-10(11)12-15-16-17-18(12)9-2-1-5-21(19,20)7-9/h3-4,6,9H,1-2,5,7,14H2. The van der Waals surface area contributed by atoms with Gasteiger partial charge in [0, 0.05) is 5.69 Å². The normalized spacial score (nSPS) is 21.3. The molecule has 2 heterocycles. The van der Waals surface area contributed by atoms with Gasteiger partial charge in [-0.05, 0) is 41.5 Å². The second-order valence-corrected chi connectivity index (χ2v) is 7.33. The molecule has 0 spiro atoms. The van der Waals surface area contributed by atoms with Crippen LogP contribution in [-0.4, -0.2) is 40.1 Å².